The van der Waals surface area contributed by atoms with Crippen molar-refractivity contribution in [1.82, 2.24) is 10.3 Å². The van der Waals surface area contributed by atoms with Gasteiger partial charge in [0.2, 0.25) is 5.91 Å². The first-order chi connectivity index (χ1) is 15.7. The van der Waals surface area contributed by atoms with Crippen LogP contribution in [-0.4, -0.2) is 16.9 Å². The van der Waals surface area contributed by atoms with Gasteiger partial charge in [0.25, 0.3) is 5.56 Å². The summed E-state index contributed by atoms with van der Waals surface area (Å²) in [6, 6.07) is 18.6. The van der Waals surface area contributed by atoms with Crippen LogP contribution in [0.1, 0.15) is 50.4 Å². The van der Waals surface area contributed by atoms with Gasteiger partial charge < -0.3 is 15.0 Å². The lowest BCUT2D eigenvalue weighted by Crippen LogP contribution is -2.23. The summed E-state index contributed by atoms with van der Waals surface area (Å²) in [6.07, 6.45) is 3.24. The van der Waals surface area contributed by atoms with Crippen molar-refractivity contribution in [2.24, 2.45) is 0 Å². The van der Waals surface area contributed by atoms with Gasteiger partial charge in [0.1, 0.15) is 5.75 Å². The highest BCUT2D eigenvalue weighted by atomic mass is 35.5. The number of hydrogen-bond acceptors (Lipinski definition) is 3. The summed E-state index contributed by atoms with van der Waals surface area (Å²) < 4.78 is 5.73. The van der Waals surface area contributed by atoms with Crippen LogP contribution in [0, 0.1) is 0 Å². The molecule has 1 atom stereocenters. The SMILES string of the molecule is CC(C)(C)c1ccc(C(=C[C@H]2CCC(=O)N2)c2ccc(Oc3ccc(Cl)cc3)c(=O)[nH]2)cc1. The van der Waals surface area contributed by atoms with E-state index in [0.29, 0.717) is 22.9 Å². The van der Waals surface area contributed by atoms with E-state index in [4.69, 9.17) is 16.3 Å². The van der Waals surface area contributed by atoms with Crippen molar-refractivity contribution in [3.63, 3.8) is 0 Å². The number of carbonyl (C=O) groups excluding carboxylic acids is 1. The Morgan fingerprint density at radius 2 is 1.70 bits per heavy atom. The van der Waals surface area contributed by atoms with Crippen LogP contribution in [-0.2, 0) is 10.2 Å². The highest BCUT2D eigenvalue weighted by molar-refractivity contribution is 6.30. The summed E-state index contributed by atoms with van der Waals surface area (Å²) >= 11 is 5.92. The van der Waals surface area contributed by atoms with E-state index >= 15 is 0 Å². The second-order valence-electron chi connectivity index (χ2n) is 9.24. The summed E-state index contributed by atoms with van der Waals surface area (Å²) in [5, 5.41) is 3.58. The summed E-state index contributed by atoms with van der Waals surface area (Å²) in [7, 11) is 0. The van der Waals surface area contributed by atoms with Gasteiger partial charge in [0.15, 0.2) is 5.75 Å². The van der Waals surface area contributed by atoms with Gasteiger partial charge in [-0.15, -0.1) is 0 Å². The molecule has 33 heavy (non-hydrogen) atoms. The van der Waals surface area contributed by atoms with Crippen molar-refractivity contribution in [1.29, 1.82) is 0 Å². The van der Waals surface area contributed by atoms with E-state index in [2.05, 4.69) is 55.3 Å². The molecule has 3 aromatic rings. The number of halogens is 1. The maximum absolute atomic E-state index is 12.8. The minimum absolute atomic E-state index is 0.0385. The smallest absolute Gasteiger partial charge is 0.291 e. The van der Waals surface area contributed by atoms with E-state index in [9.17, 15) is 9.59 Å². The monoisotopic (exact) mass is 462 g/mol. The predicted molar refractivity (Wildman–Crippen MR) is 132 cm³/mol. The third kappa shape index (κ3) is 5.55. The molecule has 0 bridgehead atoms. The molecule has 1 fully saturated rings. The van der Waals surface area contributed by atoms with Crippen molar-refractivity contribution in [2.75, 3.05) is 0 Å². The van der Waals surface area contributed by atoms with Crippen LogP contribution < -0.4 is 15.6 Å². The zero-order valence-corrected chi connectivity index (χ0v) is 19.7. The highest BCUT2D eigenvalue weighted by Gasteiger charge is 2.21. The van der Waals surface area contributed by atoms with Crippen molar-refractivity contribution in [3.8, 4) is 11.5 Å². The van der Waals surface area contributed by atoms with Crippen LogP contribution in [0.3, 0.4) is 0 Å². The number of hydrogen-bond donors (Lipinski definition) is 2. The molecule has 0 saturated carbocycles. The maximum Gasteiger partial charge on any atom is 0.291 e. The molecular formula is C27H27ClN2O3. The molecule has 1 aliphatic heterocycles. The number of benzene rings is 2. The number of H-pyrrole nitrogens is 1. The third-order valence-electron chi connectivity index (χ3n) is 5.66. The van der Waals surface area contributed by atoms with Crippen LogP contribution in [0.5, 0.6) is 11.5 Å². The zero-order chi connectivity index (χ0) is 23.6. The summed E-state index contributed by atoms with van der Waals surface area (Å²) in [6.45, 7) is 6.51. The van der Waals surface area contributed by atoms with Gasteiger partial charge in [-0.25, -0.2) is 0 Å². The average molecular weight is 463 g/mol. The molecule has 1 aromatic heterocycles. The fraction of sp³-hybridized carbons (Fsp3) is 0.259. The Morgan fingerprint density at radius 3 is 2.27 bits per heavy atom. The minimum Gasteiger partial charge on any atom is -0.452 e. The number of amides is 1. The Labute approximate surface area is 198 Å². The van der Waals surface area contributed by atoms with E-state index in [1.165, 1.54) is 5.56 Å². The molecular weight excluding hydrogens is 436 g/mol. The molecule has 5 nitrogen and oxygen atoms in total. The quantitative estimate of drug-likeness (QED) is 0.501. The van der Waals surface area contributed by atoms with E-state index in [1.807, 2.05) is 12.1 Å². The van der Waals surface area contributed by atoms with E-state index in [-0.39, 0.29) is 28.7 Å². The number of rotatable bonds is 5. The van der Waals surface area contributed by atoms with E-state index < -0.39 is 0 Å². The molecule has 0 unspecified atom stereocenters. The maximum atomic E-state index is 12.8. The first-order valence-corrected chi connectivity index (χ1v) is 11.4. The number of pyridine rings is 1. The van der Waals surface area contributed by atoms with Crippen LogP contribution >= 0.6 is 11.6 Å². The number of nitrogens with one attached hydrogen (secondary N) is 2. The first kappa shape index (κ1) is 22.9. The van der Waals surface area contributed by atoms with Gasteiger partial charge in [-0.05, 0) is 59.4 Å². The van der Waals surface area contributed by atoms with Gasteiger partial charge >= 0.3 is 0 Å². The Hall–Kier alpha value is -3.31. The zero-order valence-electron chi connectivity index (χ0n) is 18.9. The van der Waals surface area contributed by atoms with E-state index in [1.54, 1.807) is 30.3 Å². The van der Waals surface area contributed by atoms with Gasteiger partial charge in [0, 0.05) is 28.8 Å². The standard InChI is InChI=1S/C27H27ClN2O3/c1-27(2,3)18-6-4-17(5-7-18)22(16-20-10-15-25(31)29-20)23-13-14-24(26(32)30-23)33-21-11-8-19(28)9-12-21/h4-9,11-14,16,20H,10,15H2,1-3H3,(H,29,31)(H,30,32)/t20-/m1/s1. The van der Waals surface area contributed by atoms with Gasteiger partial charge in [-0.2, -0.15) is 0 Å². The van der Waals surface area contributed by atoms with Crippen LogP contribution in [0.2, 0.25) is 5.02 Å². The second-order valence-corrected chi connectivity index (χ2v) is 9.68. The molecule has 0 aliphatic carbocycles. The van der Waals surface area contributed by atoms with Crippen LogP contribution in [0.4, 0.5) is 0 Å². The van der Waals surface area contributed by atoms with Crippen molar-refractivity contribution in [3.05, 3.63) is 98.9 Å². The molecule has 1 saturated heterocycles. The molecule has 6 heteroatoms. The van der Waals surface area contributed by atoms with Crippen molar-refractivity contribution in [2.45, 2.75) is 45.1 Å². The minimum atomic E-state index is -0.338. The summed E-state index contributed by atoms with van der Waals surface area (Å²) in [5.41, 5.74) is 3.41. The second kappa shape index (κ2) is 9.28. The number of carbonyl (C=O) groups is 1. The number of aromatic nitrogens is 1. The third-order valence-corrected chi connectivity index (χ3v) is 5.92. The summed E-state index contributed by atoms with van der Waals surface area (Å²) in [5.74, 6) is 0.761. The number of ether oxygens (including phenoxy) is 1. The molecule has 0 spiro atoms. The molecule has 2 heterocycles. The number of aromatic amines is 1. The topological polar surface area (TPSA) is 71.2 Å². The molecule has 1 aliphatic rings. The average Bonchev–Trinajstić information content (AvgIpc) is 3.19. The molecule has 170 valence electrons. The van der Waals surface area contributed by atoms with E-state index in [0.717, 1.165) is 17.6 Å². The fourth-order valence-electron chi connectivity index (χ4n) is 3.78. The lowest BCUT2D eigenvalue weighted by atomic mass is 9.86. The predicted octanol–water partition coefficient (Wildman–Crippen LogP) is 5.83. The Kier molecular flexibility index (Phi) is 6.43. The fourth-order valence-corrected chi connectivity index (χ4v) is 3.91. The largest absolute Gasteiger partial charge is 0.452 e. The molecule has 2 aromatic carbocycles. The molecule has 1 amide bonds. The molecule has 4 rings (SSSR count). The van der Waals surface area contributed by atoms with Gasteiger partial charge in [0.05, 0.1) is 0 Å². The van der Waals surface area contributed by atoms with Crippen molar-refractivity contribution < 1.29 is 9.53 Å². The normalized spacial score (nSPS) is 16.5. The van der Waals surface area contributed by atoms with Crippen LogP contribution in [0.15, 0.2) is 71.5 Å². The van der Waals surface area contributed by atoms with Crippen molar-refractivity contribution >= 4 is 23.1 Å². The lowest BCUT2D eigenvalue weighted by molar-refractivity contribution is -0.119. The molecule has 2 N–H and O–H groups in total. The lowest BCUT2D eigenvalue weighted by Gasteiger charge is -2.20. The highest BCUT2D eigenvalue weighted by Crippen LogP contribution is 2.29. The van der Waals surface area contributed by atoms with Crippen LogP contribution in [0.25, 0.3) is 5.57 Å². The van der Waals surface area contributed by atoms with Gasteiger partial charge in [-0.3, -0.25) is 9.59 Å². The first-order valence-electron chi connectivity index (χ1n) is 11.0. The Balaban J connectivity index is 1.69. The summed E-state index contributed by atoms with van der Waals surface area (Å²) in [4.78, 5) is 27.5. The Morgan fingerprint density at radius 1 is 1.00 bits per heavy atom. The molecule has 0 radical (unpaired) electrons. The Bertz CT molecular complexity index is 1240. The van der Waals surface area contributed by atoms with Gasteiger partial charge in [-0.1, -0.05) is 62.7 Å².